The highest BCUT2D eigenvalue weighted by Crippen LogP contribution is 2.68. The van der Waals surface area contributed by atoms with Crippen molar-refractivity contribution in [3.8, 4) is 5.75 Å². The van der Waals surface area contributed by atoms with E-state index in [0.717, 1.165) is 27.5 Å². The Bertz CT molecular complexity index is 2060. The molecule has 2 N–H and O–H groups in total. The molecule has 12 heteroatoms. The average molecular weight is 696 g/mol. The van der Waals surface area contributed by atoms with Gasteiger partial charge in [-0.2, -0.15) is 0 Å². The number of nitrogens with one attached hydrogen (secondary N) is 2. The van der Waals surface area contributed by atoms with Crippen molar-refractivity contribution < 1.29 is 28.7 Å². The minimum atomic E-state index is -0.464. The third-order valence-electron chi connectivity index (χ3n) is 10.2. The van der Waals surface area contributed by atoms with Crippen molar-refractivity contribution in [1.29, 1.82) is 0 Å². The van der Waals surface area contributed by atoms with Gasteiger partial charge in [0, 0.05) is 21.7 Å². The van der Waals surface area contributed by atoms with Crippen LogP contribution in [0, 0.1) is 36.5 Å². The maximum absolute atomic E-state index is 14.1. The van der Waals surface area contributed by atoms with Crippen LogP contribution < -0.4 is 19.8 Å². The van der Waals surface area contributed by atoms with Crippen molar-refractivity contribution in [2.75, 3.05) is 23.4 Å². The van der Waals surface area contributed by atoms with E-state index in [0.29, 0.717) is 22.7 Å². The quantitative estimate of drug-likeness (QED) is 0.179. The topological polar surface area (TPSA) is 135 Å². The average Bonchev–Trinajstić information content (AvgIpc) is 3.83. The SMILES string of the molecule is CCOC(=O)c1ccc(N2C(=O)C3C4CC(C3C2=O)C2C4Sc3[nH]c(=O)sc3[C@@H]2c2cccc(OCC(=O)Nc3cccc(C)c3)c2)cc1. The van der Waals surface area contributed by atoms with Crippen LogP contribution in [0.25, 0.3) is 0 Å². The molecule has 1 aromatic heterocycles. The number of thiazole rings is 1. The van der Waals surface area contributed by atoms with E-state index in [1.54, 1.807) is 49.0 Å². The summed E-state index contributed by atoms with van der Waals surface area (Å²) in [5.41, 5.74) is 3.48. The largest absolute Gasteiger partial charge is 0.484 e. The predicted molar refractivity (Wildman–Crippen MR) is 185 cm³/mol. The summed E-state index contributed by atoms with van der Waals surface area (Å²) in [5.74, 6) is -1.79. The normalized spacial score (nSPS) is 26.2. The lowest BCUT2D eigenvalue weighted by molar-refractivity contribution is -0.123. The fraction of sp³-hybridized carbons (Fsp3) is 0.324. The first-order valence-electron chi connectivity index (χ1n) is 16.4. The van der Waals surface area contributed by atoms with Crippen LogP contribution in [0.1, 0.15) is 45.6 Å². The van der Waals surface area contributed by atoms with E-state index in [4.69, 9.17) is 9.47 Å². The number of fused-ring (bicyclic) bond motifs is 9. The summed E-state index contributed by atoms with van der Waals surface area (Å²) in [7, 11) is 0. The number of benzene rings is 3. The van der Waals surface area contributed by atoms with Gasteiger partial charge in [0.1, 0.15) is 5.75 Å². The second kappa shape index (κ2) is 12.3. The van der Waals surface area contributed by atoms with Gasteiger partial charge in [0.25, 0.3) is 5.91 Å². The third kappa shape index (κ3) is 5.37. The Morgan fingerprint density at radius 3 is 2.47 bits per heavy atom. The monoisotopic (exact) mass is 695 g/mol. The molecule has 7 atom stereocenters. The standard InChI is InChI=1S/C37H33N3O7S2/c1-3-46-36(44)19-10-12-22(13-11-19)40-34(42)29-24-16-25(30(29)35(40)43)31-28(24)27(32-33(48-31)39-37(45)49-32)20-7-5-9-23(15-20)47-17-26(41)38-21-8-4-6-18(2)14-21/h4-15,24-25,27-31H,3,16-17H2,1-2H3,(H,38,41)(H,39,45)/t24?,25?,27-,28?,29?,30?,31?/m1/s1. The number of carbonyl (C=O) groups is 4. The molecule has 8 rings (SSSR count). The van der Waals surface area contributed by atoms with Crippen molar-refractivity contribution in [3.05, 3.63) is 104 Å². The number of aromatic nitrogens is 1. The molecule has 250 valence electrons. The zero-order valence-electron chi connectivity index (χ0n) is 26.7. The van der Waals surface area contributed by atoms with Crippen molar-refractivity contribution >= 4 is 58.2 Å². The van der Waals surface area contributed by atoms with Gasteiger partial charge in [-0.25, -0.2) is 4.79 Å². The van der Waals surface area contributed by atoms with Crippen LogP contribution in [-0.2, 0) is 19.1 Å². The molecule has 2 bridgehead atoms. The van der Waals surface area contributed by atoms with E-state index in [1.807, 2.05) is 49.4 Å². The second-order valence-corrected chi connectivity index (χ2v) is 15.2. The number of nitrogens with zero attached hydrogens (tertiary/aromatic N) is 1. The van der Waals surface area contributed by atoms with E-state index < -0.39 is 17.8 Å². The molecule has 4 aliphatic rings. The van der Waals surface area contributed by atoms with Gasteiger partial charge < -0.3 is 19.8 Å². The first-order valence-corrected chi connectivity index (χ1v) is 18.1. The summed E-state index contributed by atoms with van der Waals surface area (Å²) < 4.78 is 11.0. The van der Waals surface area contributed by atoms with Crippen LogP contribution in [-0.4, -0.2) is 47.1 Å². The Balaban J connectivity index is 1.06. The molecule has 3 fully saturated rings. The van der Waals surface area contributed by atoms with Crippen LogP contribution >= 0.6 is 23.1 Å². The van der Waals surface area contributed by atoms with Crippen LogP contribution in [0.2, 0.25) is 0 Å². The molecule has 0 spiro atoms. The summed E-state index contributed by atoms with van der Waals surface area (Å²) in [6.45, 7) is 3.77. The number of aromatic amines is 1. The molecule has 2 aliphatic heterocycles. The third-order valence-corrected chi connectivity index (χ3v) is 12.8. The molecule has 49 heavy (non-hydrogen) atoms. The van der Waals surface area contributed by atoms with Gasteiger partial charge in [0.05, 0.1) is 34.7 Å². The number of ether oxygens (including phenoxy) is 2. The number of esters is 1. The predicted octanol–water partition coefficient (Wildman–Crippen LogP) is 5.62. The van der Waals surface area contributed by atoms with E-state index in [-0.39, 0.29) is 64.7 Å². The van der Waals surface area contributed by atoms with Gasteiger partial charge in [0.15, 0.2) is 6.61 Å². The number of imide groups is 1. The van der Waals surface area contributed by atoms with Gasteiger partial charge >= 0.3 is 10.8 Å². The van der Waals surface area contributed by atoms with Crippen molar-refractivity contribution in [1.82, 2.24) is 4.98 Å². The molecule has 2 saturated carbocycles. The molecular formula is C37H33N3O7S2. The molecule has 3 amide bonds. The Hall–Kier alpha value is -4.68. The van der Waals surface area contributed by atoms with Crippen LogP contribution in [0.3, 0.4) is 0 Å². The number of thioether (sulfide) groups is 1. The molecule has 2 aliphatic carbocycles. The van der Waals surface area contributed by atoms with E-state index in [1.165, 1.54) is 16.2 Å². The highest BCUT2D eigenvalue weighted by atomic mass is 32.2. The summed E-state index contributed by atoms with van der Waals surface area (Å²) >= 11 is 2.82. The molecule has 0 radical (unpaired) electrons. The van der Waals surface area contributed by atoms with E-state index in [2.05, 4.69) is 10.3 Å². The molecule has 3 heterocycles. The number of anilines is 2. The number of amides is 3. The van der Waals surface area contributed by atoms with Crippen molar-refractivity contribution in [2.45, 2.75) is 36.5 Å². The molecule has 4 aromatic rings. The lowest BCUT2D eigenvalue weighted by Gasteiger charge is -2.43. The Labute approximate surface area is 290 Å². The molecule has 6 unspecified atom stereocenters. The molecule has 10 nitrogen and oxygen atoms in total. The minimum absolute atomic E-state index is 0.0120. The first-order chi connectivity index (χ1) is 23.7. The first kappa shape index (κ1) is 31.6. The molecule has 1 saturated heterocycles. The van der Waals surface area contributed by atoms with Gasteiger partial charge in [-0.1, -0.05) is 35.6 Å². The van der Waals surface area contributed by atoms with Gasteiger partial charge in [-0.3, -0.25) is 24.1 Å². The number of hydrogen-bond acceptors (Lipinski definition) is 9. The van der Waals surface area contributed by atoms with Crippen LogP contribution in [0.5, 0.6) is 5.75 Å². The second-order valence-electron chi connectivity index (χ2n) is 13.0. The smallest absolute Gasteiger partial charge is 0.338 e. The lowest BCUT2D eigenvalue weighted by atomic mass is 9.68. The Morgan fingerprint density at radius 2 is 1.71 bits per heavy atom. The fourth-order valence-electron chi connectivity index (χ4n) is 8.47. The van der Waals surface area contributed by atoms with E-state index >= 15 is 0 Å². The molecular weight excluding hydrogens is 663 g/mol. The number of rotatable bonds is 8. The van der Waals surface area contributed by atoms with Crippen molar-refractivity contribution in [3.63, 3.8) is 0 Å². The maximum atomic E-state index is 14.1. The van der Waals surface area contributed by atoms with Crippen LogP contribution in [0.4, 0.5) is 11.4 Å². The number of aryl methyl sites for hydroxylation is 1. The summed E-state index contributed by atoms with van der Waals surface area (Å²) in [6.07, 6.45) is 0.760. The summed E-state index contributed by atoms with van der Waals surface area (Å²) in [6, 6.07) is 21.6. The molecule has 3 aromatic carbocycles. The Morgan fingerprint density at radius 1 is 0.959 bits per heavy atom. The maximum Gasteiger partial charge on any atom is 0.338 e. The summed E-state index contributed by atoms with van der Waals surface area (Å²) in [5, 5.41) is 3.71. The number of carbonyl (C=O) groups excluding carboxylic acids is 4. The van der Waals surface area contributed by atoms with Gasteiger partial charge in [-0.15, -0.1) is 11.8 Å². The van der Waals surface area contributed by atoms with Crippen LogP contribution in [0.15, 0.2) is 82.6 Å². The zero-order valence-corrected chi connectivity index (χ0v) is 28.3. The minimum Gasteiger partial charge on any atom is -0.484 e. The zero-order chi connectivity index (χ0) is 34.0. The number of hydrogen-bond donors (Lipinski definition) is 2. The van der Waals surface area contributed by atoms with Gasteiger partial charge in [0.2, 0.25) is 11.8 Å². The highest BCUT2D eigenvalue weighted by molar-refractivity contribution is 8.00. The Kier molecular flexibility index (Phi) is 7.95. The summed E-state index contributed by atoms with van der Waals surface area (Å²) in [4.78, 5) is 70.8. The fourth-order valence-corrected chi connectivity index (χ4v) is 11.4. The van der Waals surface area contributed by atoms with Crippen molar-refractivity contribution in [2.24, 2.45) is 29.6 Å². The van der Waals surface area contributed by atoms with E-state index in [9.17, 15) is 24.0 Å². The highest BCUT2D eigenvalue weighted by Gasteiger charge is 2.69. The number of H-pyrrole nitrogens is 1. The van der Waals surface area contributed by atoms with Gasteiger partial charge in [-0.05, 0) is 97.7 Å². The lowest BCUT2D eigenvalue weighted by Crippen LogP contribution is -2.42.